The van der Waals surface area contributed by atoms with Gasteiger partial charge in [-0.15, -0.1) is 11.3 Å². The highest BCUT2D eigenvalue weighted by molar-refractivity contribution is 7.09. The molecule has 6 heteroatoms. The Morgan fingerprint density at radius 3 is 2.60 bits per heavy atom. The highest BCUT2D eigenvalue weighted by Crippen LogP contribution is 2.21. The first-order chi connectivity index (χ1) is 12.0. The van der Waals surface area contributed by atoms with Crippen LogP contribution in [-0.4, -0.2) is 10.9 Å². The van der Waals surface area contributed by atoms with Crippen molar-refractivity contribution in [2.45, 2.75) is 20.5 Å². The number of aryl methyl sites for hydroxylation is 2. The van der Waals surface area contributed by atoms with E-state index in [2.05, 4.69) is 10.3 Å². The predicted octanol–water partition coefficient (Wildman–Crippen LogP) is 5.24. The van der Waals surface area contributed by atoms with Crippen molar-refractivity contribution in [1.29, 1.82) is 0 Å². The lowest BCUT2D eigenvalue weighted by Gasteiger charge is -2.08. The molecule has 0 bridgehead atoms. The summed E-state index contributed by atoms with van der Waals surface area (Å²) in [6.07, 6.45) is 0. The highest BCUT2D eigenvalue weighted by atomic mass is 35.5. The highest BCUT2D eigenvalue weighted by Gasteiger charge is 2.08. The molecule has 3 rings (SSSR count). The Morgan fingerprint density at radius 1 is 1.20 bits per heavy atom. The van der Waals surface area contributed by atoms with Gasteiger partial charge in [-0.3, -0.25) is 4.79 Å². The third kappa shape index (κ3) is 4.59. The van der Waals surface area contributed by atoms with Crippen molar-refractivity contribution < 1.29 is 9.53 Å². The molecule has 1 N–H and O–H groups in total. The molecule has 3 aromatic rings. The van der Waals surface area contributed by atoms with Gasteiger partial charge in [0.25, 0.3) is 5.91 Å². The van der Waals surface area contributed by atoms with Gasteiger partial charge in [0.2, 0.25) is 0 Å². The number of aromatic nitrogens is 1. The van der Waals surface area contributed by atoms with Crippen molar-refractivity contribution in [1.82, 2.24) is 4.98 Å². The molecule has 0 aliphatic rings. The number of hydrogen-bond donors (Lipinski definition) is 1. The average molecular weight is 373 g/mol. The lowest BCUT2D eigenvalue weighted by Crippen LogP contribution is -2.11. The summed E-state index contributed by atoms with van der Waals surface area (Å²) < 4.78 is 5.69. The molecular weight excluding hydrogens is 356 g/mol. The second-order valence-electron chi connectivity index (χ2n) is 5.61. The first-order valence-corrected chi connectivity index (χ1v) is 8.98. The summed E-state index contributed by atoms with van der Waals surface area (Å²) in [6, 6.07) is 12.4. The topological polar surface area (TPSA) is 51.2 Å². The van der Waals surface area contributed by atoms with Crippen LogP contribution in [0.1, 0.15) is 26.6 Å². The number of anilines is 1. The van der Waals surface area contributed by atoms with Crippen LogP contribution in [0.3, 0.4) is 0 Å². The van der Waals surface area contributed by atoms with Crippen molar-refractivity contribution in [3.05, 3.63) is 74.7 Å². The van der Waals surface area contributed by atoms with E-state index in [1.165, 1.54) is 0 Å². The van der Waals surface area contributed by atoms with Gasteiger partial charge < -0.3 is 10.1 Å². The van der Waals surface area contributed by atoms with E-state index in [0.717, 1.165) is 16.3 Å². The van der Waals surface area contributed by atoms with Gasteiger partial charge in [-0.25, -0.2) is 4.98 Å². The Kier molecular flexibility index (Phi) is 5.36. The van der Waals surface area contributed by atoms with Gasteiger partial charge in [-0.1, -0.05) is 17.7 Å². The lowest BCUT2D eigenvalue weighted by atomic mass is 10.2. The molecule has 1 aromatic heterocycles. The summed E-state index contributed by atoms with van der Waals surface area (Å²) in [5.41, 5.74) is 3.18. The van der Waals surface area contributed by atoms with Crippen LogP contribution in [0.5, 0.6) is 5.75 Å². The van der Waals surface area contributed by atoms with Crippen LogP contribution in [0, 0.1) is 13.8 Å². The average Bonchev–Trinajstić information content (AvgIpc) is 3.02. The largest absolute Gasteiger partial charge is 0.486 e. The zero-order valence-corrected chi connectivity index (χ0v) is 15.4. The molecule has 4 nitrogen and oxygen atoms in total. The van der Waals surface area contributed by atoms with Gasteiger partial charge in [0, 0.05) is 27.3 Å². The lowest BCUT2D eigenvalue weighted by molar-refractivity contribution is 0.102. The van der Waals surface area contributed by atoms with Crippen LogP contribution < -0.4 is 10.1 Å². The summed E-state index contributed by atoms with van der Waals surface area (Å²) in [6.45, 7) is 4.29. The molecule has 0 saturated heterocycles. The third-order valence-corrected chi connectivity index (χ3v) is 4.92. The molecule has 1 heterocycles. The second-order valence-corrected chi connectivity index (χ2v) is 6.96. The van der Waals surface area contributed by atoms with Crippen molar-refractivity contribution in [3.63, 3.8) is 0 Å². The number of rotatable bonds is 5. The molecule has 0 aliphatic heterocycles. The molecular formula is C19H17ClN2O2S. The Hall–Kier alpha value is -2.37. The number of nitrogens with one attached hydrogen (secondary N) is 1. The van der Waals surface area contributed by atoms with Crippen LogP contribution in [0.25, 0.3) is 0 Å². The van der Waals surface area contributed by atoms with Crippen molar-refractivity contribution in [2.75, 3.05) is 5.32 Å². The molecule has 0 fully saturated rings. The van der Waals surface area contributed by atoms with E-state index in [4.69, 9.17) is 16.3 Å². The first kappa shape index (κ1) is 17.5. The molecule has 0 spiro atoms. The maximum atomic E-state index is 12.3. The van der Waals surface area contributed by atoms with Crippen molar-refractivity contribution >= 4 is 34.5 Å². The van der Waals surface area contributed by atoms with Crippen LogP contribution >= 0.6 is 22.9 Å². The summed E-state index contributed by atoms with van der Waals surface area (Å²) in [5.74, 6) is 0.504. The van der Waals surface area contributed by atoms with Crippen molar-refractivity contribution in [3.8, 4) is 5.75 Å². The number of carbonyl (C=O) groups excluding carboxylic acids is 1. The van der Waals surface area contributed by atoms with E-state index in [-0.39, 0.29) is 5.91 Å². The van der Waals surface area contributed by atoms with Gasteiger partial charge in [0.15, 0.2) is 0 Å². The first-order valence-electron chi connectivity index (χ1n) is 7.72. The number of amides is 1. The number of carbonyl (C=O) groups is 1. The Morgan fingerprint density at radius 2 is 1.96 bits per heavy atom. The van der Waals surface area contributed by atoms with Gasteiger partial charge in [0.05, 0.1) is 0 Å². The predicted molar refractivity (Wildman–Crippen MR) is 102 cm³/mol. The number of hydrogen-bond acceptors (Lipinski definition) is 4. The summed E-state index contributed by atoms with van der Waals surface area (Å²) >= 11 is 7.65. The third-order valence-electron chi connectivity index (χ3n) is 3.58. The van der Waals surface area contributed by atoms with E-state index < -0.39 is 0 Å². The molecule has 1 amide bonds. The SMILES string of the molecule is Cc1csc(COc2ccc(C(=O)Nc3ccc(C)c(Cl)c3)cc2)n1. The minimum Gasteiger partial charge on any atom is -0.486 e. The van der Waals surface area contributed by atoms with Crippen LogP contribution in [-0.2, 0) is 6.61 Å². The Balaban J connectivity index is 1.60. The molecule has 128 valence electrons. The fourth-order valence-corrected chi connectivity index (χ4v) is 3.05. The smallest absolute Gasteiger partial charge is 0.255 e. The molecule has 0 atom stereocenters. The van der Waals surface area contributed by atoms with Crippen LogP contribution in [0.2, 0.25) is 5.02 Å². The van der Waals surface area contributed by atoms with Crippen LogP contribution in [0.4, 0.5) is 5.69 Å². The molecule has 0 saturated carbocycles. The normalized spacial score (nSPS) is 10.5. The Bertz CT molecular complexity index is 891. The number of benzene rings is 2. The van der Waals surface area contributed by atoms with E-state index in [1.807, 2.05) is 31.4 Å². The minimum absolute atomic E-state index is 0.193. The van der Waals surface area contributed by atoms with Gasteiger partial charge >= 0.3 is 0 Å². The molecule has 0 radical (unpaired) electrons. The number of halogens is 1. The number of thiazole rings is 1. The molecule has 0 unspecified atom stereocenters. The fourth-order valence-electron chi connectivity index (χ4n) is 2.19. The zero-order chi connectivity index (χ0) is 17.8. The molecule has 0 aliphatic carbocycles. The van der Waals surface area contributed by atoms with E-state index in [0.29, 0.717) is 28.6 Å². The maximum absolute atomic E-state index is 12.3. The summed E-state index contributed by atoms with van der Waals surface area (Å²) in [5, 5.41) is 6.37. The molecule has 2 aromatic carbocycles. The maximum Gasteiger partial charge on any atom is 0.255 e. The Labute approximate surface area is 155 Å². The van der Waals surface area contributed by atoms with E-state index >= 15 is 0 Å². The summed E-state index contributed by atoms with van der Waals surface area (Å²) in [7, 11) is 0. The van der Waals surface area contributed by atoms with Crippen LogP contribution in [0.15, 0.2) is 47.8 Å². The quantitative estimate of drug-likeness (QED) is 0.665. The second kappa shape index (κ2) is 7.68. The molecule has 25 heavy (non-hydrogen) atoms. The van der Waals surface area contributed by atoms with Gasteiger partial charge in [-0.2, -0.15) is 0 Å². The monoisotopic (exact) mass is 372 g/mol. The number of ether oxygens (including phenoxy) is 1. The summed E-state index contributed by atoms with van der Waals surface area (Å²) in [4.78, 5) is 16.7. The minimum atomic E-state index is -0.193. The van der Waals surface area contributed by atoms with E-state index in [9.17, 15) is 4.79 Å². The van der Waals surface area contributed by atoms with Crippen molar-refractivity contribution in [2.24, 2.45) is 0 Å². The van der Waals surface area contributed by atoms with E-state index in [1.54, 1.807) is 41.7 Å². The van der Waals surface area contributed by atoms with Gasteiger partial charge in [0.1, 0.15) is 17.4 Å². The zero-order valence-electron chi connectivity index (χ0n) is 13.9. The number of nitrogens with zero attached hydrogens (tertiary/aromatic N) is 1. The van der Waals surface area contributed by atoms with Gasteiger partial charge in [-0.05, 0) is 55.8 Å². The fraction of sp³-hybridized carbons (Fsp3) is 0.158. The standard InChI is InChI=1S/C19H17ClN2O2S/c1-12-3-6-15(9-17(12)20)22-19(23)14-4-7-16(8-5-14)24-10-18-21-13(2)11-25-18/h3-9,11H,10H2,1-2H3,(H,22,23).